The molecule has 0 saturated heterocycles. The van der Waals surface area contributed by atoms with Gasteiger partial charge in [-0.05, 0) is 31.5 Å². The first-order valence-corrected chi connectivity index (χ1v) is 7.97. The number of amides is 1. The van der Waals surface area contributed by atoms with Crippen molar-refractivity contribution < 1.29 is 19.2 Å². The van der Waals surface area contributed by atoms with Gasteiger partial charge in [0.05, 0.1) is 17.1 Å². The van der Waals surface area contributed by atoms with Crippen molar-refractivity contribution >= 4 is 33.9 Å². The summed E-state index contributed by atoms with van der Waals surface area (Å²) in [6, 6.07) is 7.01. The molecule has 0 atom stereocenters. The number of ether oxygens (including phenoxy) is 1. The van der Waals surface area contributed by atoms with Crippen LogP contribution in [0.3, 0.4) is 0 Å². The number of anilines is 1. The molecule has 1 aromatic heterocycles. The van der Waals surface area contributed by atoms with Crippen molar-refractivity contribution in [2.45, 2.75) is 13.8 Å². The number of non-ortho nitro benzene ring substituents is 1. The van der Waals surface area contributed by atoms with Gasteiger partial charge >= 0.3 is 5.97 Å². The molecular weight excluding hydrogens is 346 g/mol. The Labute approximate surface area is 146 Å². The van der Waals surface area contributed by atoms with Crippen LogP contribution < -0.4 is 5.32 Å². The number of benzene rings is 1. The standard InChI is InChI=1S/C16H13N3O5S/c1-3-24-16(21)13-9(2)12(8-17)15(25-13)18-14(20)10-4-6-11(7-5-10)19(22)23/h4-7H,3H2,1-2H3,(H,18,20). The smallest absolute Gasteiger partial charge is 0.348 e. The van der Waals surface area contributed by atoms with Gasteiger partial charge in [-0.1, -0.05) is 0 Å². The van der Waals surface area contributed by atoms with Crippen molar-refractivity contribution in [2.24, 2.45) is 0 Å². The maximum Gasteiger partial charge on any atom is 0.348 e. The van der Waals surface area contributed by atoms with E-state index in [-0.39, 0.29) is 33.3 Å². The van der Waals surface area contributed by atoms with E-state index < -0.39 is 16.8 Å². The molecule has 0 saturated carbocycles. The normalized spacial score (nSPS) is 9.96. The van der Waals surface area contributed by atoms with Crippen molar-refractivity contribution in [2.75, 3.05) is 11.9 Å². The average Bonchev–Trinajstić information content (AvgIpc) is 2.90. The Morgan fingerprint density at radius 2 is 2.00 bits per heavy atom. The lowest BCUT2D eigenvalue weighted by atomic mass is 10.1. The summed E-state index contributed by atoms with van der Waals surface area (Å²) in [6.07, 6.45) is 0. The zero-order chi connectivity index (χ0) is 18.6. The molecule has 1 aromatic carbocycles. The quantitative estimate of drug-likeness (QED) is 0.496. The number of nitro benzene ring substituents is 1. The average molecular weight is 359 g/mol. The van der Waals surface area contributed by atoms with Gasteiger partial charge in [0, 0.05) is 17.7 Å². The van der Waals surface area contributed by atoms with E-state index in [4.69, 9.17) is 4.74 Å². The molecular formula is C16H13N3O5S. The third-order valence-electron chi connectivity index (χ3n) is 3.29. The Morgan fingerprint density at radius 1 is 1.36 bits per heavy atom. The number of hydrogen-bond acceptors (Lipinski definition) is 7. The molecule has 0 fully saturated rings. The predicted octanol–water partition coefficient (Wildman–Crippen LogP) is 3.27. The summed E-state index contributed by atoms with van der Waals surface area (Å²) in [5.41, 5.74) is 0.678. The van der Waals surface area contributed by atoms with Crippen LogP contribution in [0.1, 0.15) is 38.1 Å². The fourth-order valence-corrected chi connectivity index (χ4v) is 3.08. The summed E-state index contributed by atoms with van der Waals surface area (Å²) in [6.45, 7) is 3.47. The molecule has 0 unspecified atom stereocenters. The van der Waals surface area contributed by atoms with Crippen LogP contribution in [0, 0.1) is 28.4 Å². The number of nitrogens with zero attached hydrogens (tertiary/aromatic N) is 2. The van der Waals surface area contributed by atoms with Crippen molar-refractivity contribution in [3.05, 3.63) is 55.9 Å². The molecule has 0 aliphatic heterocycles. The molecule has 128 valence electrons. The highest BCUT2D eigenvalue weighted by atomic mass is 32.1. The van der Waals surface area contributed by atoms with Crippen LogP contribution in [0.4, 0.5) is 10.7 Å². The number of esters is 1. The van der Waals surface area contributed by atoms with Crippen molar-refractivity contribution in [3.8, 4) is 6.07 Å². The Kier molecular flexibility index (Phi) is 5.46. The van der Waals surface area contributed by atoms with E-state index in [1.165, 1.54) is 24.3 Å². The third-order valence-corrected chi connectivity index (χ3v) is 4.47. The molecule has 8 nitrogen and oxygen atoms in total. The van der Waals surface area contributed by atoms with Crippen molar-refractivity contribution in [1.29, 1.82) is 5.26 Å². The lowest BCUT2D eigenvalue weighted by Crippen LogP contribution is -2.11. The lowest BCUT2D eigenvalue weighted by molar-refractivity contribution is -0.384. The highest BCUT2D eigenvalue weighted by Gasteiger charge is 2.22. The zero-order valence-electron chi connectivity index (χ0n) is 13.4. The van der Waals surface area contributed by atoms with Gasteiger partial charge < -0.3 is 10.1 Å². The lowest BCUT2D eigenvalue weighted by Gasteiger charge is -2.03. The molecule has 1 N–H and O–H groups in total. The van der Waals surface area contributed by atoms with Crippen LogP contribution in [0.2, 0.25) is 0 Å². The fraction of sp³-hybridized carbons (Fsp3) is 0.188. The molecule has 1 amide bonds. The van der Waals surface area contributed by atoms with E-state index >= 15 is 0 Å². The van der Waals surface area contributed by atoms with E-state index in [1.807, 2.05) is 6.07 Å². The van der Waals surface area contributed by atoms with Gasteiger partial charge in [0.25, 0.3) is 11.6 Å². The molecule has 2 aromatic rings. The maximum absolute atomic E-state index is 12.3. The first-order valence-electron chi connectivity index (χ1n) is 7.15. The number of nitrogens with one attached hydrogen (secondary N) is 1. The zero-order valence-corrected chi connectivity index (χ0v) is 14.2. The van der Waals surface area contributed by atoms with Crippen LogP contribution in [0.25, 0.3) is 0 Å². The topological polar surface area (TPSA) is 122 Å². The van der Waals surface area contributed by atoms with E-state index in [9.17, 15) is 25.0 Å². The van der Waals surface area contributed by atoms with E-state index in [0.717, 1.165) is 11.3 Å². The molecule has 0 bridgehead atoms. The number of hydrogen-bond donors (Lipinski definition) is 1. The minimum absolute atomic E-state index is 0.133. The summed E-state index contributed by atoms with van der Waals surface area (Å²) in [7, 11) is 0. The molecule has 0 radical (unpaired) electrons. The highest BCUT2D eigenvalue weighted by molar-refractivity contribution is 7.18. The van der Waals surface area contributed by atoms with Crippen LogP contribution >= 0.6 is 11.3 Å². The first kappa shape index (κ1) is 18.1. The van der Waals surface area contributed by atoms with Gasteiger partial charge in [0.2, 0.25) is 0 Å². The predicted molar refractivity (Wildman–Crippen MR) is 90.8 cm³/mol. The Morgan fingerprint density at radius 3 is 2.52 bits per heavy atom. The van der Waals surface area contributed by atoms with Crippen molar-refractivity contribution in [1.82, 2.24) is 0 Å². The number of carbonyl (C=O) groups is 2. The summed E-state index contributed by atoms with van der Waals surface area (Å²) in [4.78, 5) is 34.5. The number of nitro groups is 1. The SMILES string of the molecule is CCOC(=O)c1sc(NC(=O)c2ccc([N+](=O)[O-])cc2)c(C#N)c1C. The number of carbonyl (C=O) groups excluding carboxylic acids is 2. The van der Waals surface area contributed by atoms with Crippen molar-refractivity contribution in [3.63, 3.8) is 0 Å². The minimum atomic E-state index is -0.566. The van der Waals surface area contributed by atoms with Crippen LogP contribution in [0.15, 0.2) is 24.3 Å². The van der Waals surface area contributed by atoms with Gasteiger partial charge in [-0.3, -0.25) is 14.9 Å². The molecule has 1 heterocycles. The molecule has 25 heavy (non-hydrogen) atoms. The van der Waals surface area contributed by atoms with E-state index in [1.54, 1.807) is 13.8 Å². The second kappa shape index (κ2) is 7.55. The van der Waals surface area contributed by atoms with Gasteiger partial charge in [-0.25, -0.2) is 4.79 Å². The molecule has 0 aliphatic carbocycles. The minimum Gasteiger partial charge on any atom is -0.462 e. The Balaban J connectivity index is 2.28. The second-order valence-electron chi connectivity index (χ2n) is 4.85. The summed E-state index contributed by atoms with van der Waals surface area (Å²) in [5.74, 6) is -1.10. The molecule has 2 rings (SSSR count). The highest BCUT2D eigenvalue weighted by Crippen LogP contribution is 2.33. The molecule has 9 heteroatoms. The van der Waals surface area contributed by atoms with Crippen LogP contribution in [0.5, 0.6) is 0 Å². The fourth-order valence-electron chi connectivity index (χ4n) is 2.04. The van der Waals surface area contributed by atoms with Gasteiger partial charge in [-0.2, -0.15) is 5.26 Å². The number of rotatable bonds is 5. The van der Waals surface area contributed by atoms with Gasteiger partial charge in [-0.15, -0.1) is 11.3 Å². The Hall–Kier alpha value is -3.25. The maximum atomic E-state index is 12.3. The Bertz CT molecular complexity index is 880. The summed E-state index contributed by atoms with van der Waals surface area (Å²) in [5, 5.41) is 22.7. The number of thiophene rings is 1. The molecule has 0 spiro atoms. The summed E-state index contributed by atoms with van der Waals surface area (Å²) >= 11 is 0.953. The third kappa shape index (κ3) is 3.81. The van der Waals surface area contributed by atoms with Gasteiger partial charge in [0.15, 0.2) is 0 Å². The van der Waals surface area contributed by atoms with E-state index in [2.05, 4.69) is 5.32 Å². The summed E-state index contributed by atoms with van der Waals surface area (Å²) < 4.78 is 4.93. The largest absolute Gasteiger partial charge is 0.462 e. The number of nitriles is 1. The van der Waals surface area contributed by atoms with Crippen LogP contribution in [-0.4, -0.2) is 23.4 Å². The van der Waals surface area contributed by atoms with Gasteiger partial charge in [0.1, 0.15) is 15.9 Å². The molecule has 0 aliphatic rings. The second-order valence-corrected chi connectivity index (χ2v) is 5.87. The van der Waals surface area contributed by atoms with Crippen LogP contribution in [-0.2, 0) is 4.74 Å². The van der Waals surface area contributed by atoms with E-state index in [0.29, 0.717) is 5.56 Å². The monoisotopic (exact) mass is 359 g/mol. The first-order chi connectivity index (χ1) is 11.9.